The number of hydrogen-bond acceptors (Lipinski definition) is 4. The van der Waals surface area contributed by atoms with Gasteiger partial charge in [0.2, 0.25) is 5.91 Å². The zero-order valence-corrected chi connectivity index (χ0v) is 16.7. The lowest BCUT2D eigenvalue weighted by molar-refractivity contribution is -0.137. The SMILES string of the molecule is Cc1cc(C(=O)N2CCC(=O)N(Cc3ccc(F)cc3)C3(CCOC3)C2)c(C)o1. The van der Waals surface area contributed by atoms with Gasteiger partial charge in [-0.25, -0.2) is 4.39 Å². The van der Waals surface area contributed by atoms with Crippen LogP contribution in [0, 0.1) is 19.7 Å². The molecule has 0 N–H and O–H groups in total. The number of carbonyl (C=O) groups is 2. The number of aryl methyl sites for hydroxylation is 2. The van der Waals surface area contributed by atoms with Crippen molar-refractivity contribution in [1.82, 2.24) is 9.80 Å². The number of amides is 2. The maximum atomic E-state index is 13.3. The molecule has 7 heteroatoms. The van der Waals surface area contributed by atoms with Crippen LogP contribution in [0.2, 0.25) is 0 Å². The van der Waals surface area contributed by atoms with E-state index < -0.39 is 5.54 Å². The minimum atomic E-state index is -0.579. The largest absolute Gasteiger partial charge is 0.466 e. The summed E-state index contributed by atoms with van der Waals surface area (Å²) in [4.78, 5) is 29.8. The molecule has 0 bridgehead atoms. The highest BCUT2D eigenvalue weighted by Gasteiger charge is 2.47. The molecule has 4 rings (SSSR count). The van der Waals surface area contributed by atoms with E-state index >= 15 is 0 Å². The molecular formula is C22H25FN2O4. The van der Waals surface area contributed by atoms with Gasteiger partial charge in [-0.2, -0.15) is 0 Å². The first-order valence-corrected chi connectivity index (χ1v) is 9.87. The van der Waals surface area contributed by atoms with Crippen molar-refractivity contribution in [1.29, 1.82) is 0 Å². The van der Waals surface area contributed by atoms with Gasteiger partial charge in [0, 0.05) is 32.7 Å². The van der Waals surface area contributed by atoms with Gasteiger partial charge in [0.05, 0.1) is 17.7 Å². The van der Waals surface area contributed by atoms with Crippen molar-refractivity contribution in [2.24, 2.45) is 0 Å². The Hall–Kier alpha value is -2.67. The van der Waals surface area contributed by atoms with Crippen molar-refractivity contribution >= 4 is 11.8 Å². The van der Waals surface area contributed by atoms with Crippen LogP contribution in [0.4, 0.5) is 4.39 Å². The third kappa shape index (κ3) is 3.79. The highest BCUT2D eigenvalue weighted by Crippen LogP contribution is 2.33. The number of carbonyl (C=O) groups excluding carboxylic acids is 2. The normalized spacial score (nSPS) is 22.4. The van der Waals surface area contributed by atoms with Crippen molar-refractivity contribution in [2.45, 2.75) is 38.8 Å². The summed E-state index contributed by atoms with van der Waals surface area (Å²) >= 11 is 0. The predicted octanol–water partition coefficient (Wildman–Crippen LogP) is 3.07. The monoisotopic (exact) mass is 400 g/mol. The highest BCUT2D eigenvalue weighted by molar-refractivity contribution is 5.96. The Balaban J connectivity index is 1.63. The molecule has 2 aromatic rings. The topological polar surface area (TPSA) is 63.0 Å². The van der Waals surface area contributed by atoms with Crippen molar-refractivity contribution < 1.29 is 23.1 Å². The molecule has 0 saturated carbocycles. The van der Waals surface area contributed by atoms with E-state index in [0.717, 1.165) is 5.56 Å². The quantitative estimate of drug-likeness (QED) is 0.794. The van der Waals surface area contributed by atoms with Crippen LogP contribution in [0.5, 0.6) is 0 Å². The predicted molar refractivity (Wildman–Crippen MR) is 104 cm³/mol. The van der Waals surface area contributed by atoms with Gasteiger partial charge in [-0.05, 0) is 44.0 Å². The first-order chi connectivity index (χ1) is 13.9. The van der Waals surface area contributed by atoms with Gasteiger partial charge in [0.25, 0.3) is 5.91 Å². The summed E-state index contributed by atoms with van der Waals surface area (Å²) in [6, 6.07) is 7.93. The summed E-state index contributed by atoms with van der Waals surface area (Å²) in [5, 5.41) is 0. The summed E-state index contributed by atoms with van der Waals surface area (Å²) in [6.45, 7) is 5.64. The molecule has 0 radical (unpaired) electrons. The minimum Gasteiger partial charge on any atom is -0.466 e. The Morgan fingerprint density at radius 3 is 2.62 bits per heavy atom. The van der Waals surface area contributed by atoms with Crippen LogP contribution in [0.3, 0.4) is 0 Å². The highest BCUT2D eigenvalue weighted by atomic mass is 19.1. The lowest BCUT2D eigenvalue weighted by Gasteiger charge is -2.40. The molecule has 1 unspecified atom stereocenters. The van der Waals surface area contributed by atoms with Gasteiger partial charge >= 0.3 is 0 Å². The van der Waals surface area contributed by atoms with Crippen LogP contribution >= 0.6 is 0 Å². The molecule has 1 spiro atoms. The van der Waals surface area contributed by atoms with Gasteiger partial charge < -0.3 is 19.0 Å². The molecule has 154 valence electrons. The van der Waals surface area contributed by atoms with E-state index in [0.29, 0.717) is 56.4 Å². The second-order valence-electron chi connectivity index (χ2n) is 7.94. The second kappa shape index (κ2) is 7.63. The Morgan fingerprint density at radius 2 is 2.00 bits per heavy atom. The van der Waals surface area contributed by atoms with E-state index in [-0.39, 0.29) is 24.1 Å². The standard InChI is InChI=1S/C22H25FN2O4/c1-15-11-19(16(2)29-15)21(27)24-9-7-20(26)25(22(13-24)8-10-28-14-22)12-17-3-5-18(23)6-4-17/h3-6,11H,7-10,12-14H2,1-2H3. The van der Waals surface area contributed by atoms with Crippen molar-refractivity contribution in [3.05, 3.63) is 58.8 Å². The zero-order valence-electron chi connectivity index (χ0n) is 16.7. The van der Waals surface area contributed by atoms with Gasteiger partial charge in [0.1, 0.15) is 17.3 Å². The molecule has 1 atom stereocenters. The molecule has 0 aliphatic carbocycles. The molecule has 2 aliphatic rings. The fourth-order valence-corrected chi connectivity index (χ4v) is 4.30. The number of halogens is 1. The van der Waals surface area contributed by atoms with Crippen LogP contribution in [-0.4, -0.2) is 53.5 Å². The van der Waals surface area contributed by atoms with E-state index in [1.54, 1.807) is 30.0 Å². The average Bonchev–Trinajstić information content (AvgIpc) is 3.26. The fourth-order valence-electron chi connectivity index (χ4n) is 4.30. The molecule has 2 amide bonds. The van der Waals surface area contributed by atoms with E-state index in [1.165, 1.54) is 12.1 Å². The lowest BCUT2D eigenvalue weighted by Crippen LogP contribution is -2.56. The number of benzene rings is 1. The molecule has 2 aliphatic heterocycles. The number of hydrogen-bond donors (Lipinski definition) is 0. The van der Waals surface area contributed by atoms with Crippen molar-refractivity contribution in [3.63, 3.8) is 0 Å². The summed E-state index contributed by atoms with van der Waals surface area (Å²) in [5.74, 6) is 0.825. The maximum absolute atomic E-state index is 13.3. The van der Waals surface area contributed by atoms with Crippen LogP contribution in [0.1, 0.15) is 40.3 Å². The van der Waals surface area contributed by atoms with E-state index in [4.69, 9.17) is 9.15 Å². The van der Waals surface area contributed by atoms with Crippen LogP contribution in [0.15, 0.2) is 34.7 Å². The number of furan rings is 1. The Labute approximate surface area is 169 Å². The van der Waals surface area contributed by atoms with E-state index in [9.17, 15) is 14.0 Å². The fraction of sp³-hybridized carbons (Fsp3) is 0.455. The zero-order chi connectivity index (χ0) is 20.6. The van der Waals surface area contributed by atoms with Crippen molar-refractivity contribution in [2.75, 3.05) is 26.3 Å². The van der Waals surface area contributed by atoms with Crippen LogP contribution < -0.4 is 0 Å². The molecule has 3 heterocycles. The molecule has 2 fully saturated rings. The van der Waals surface area contributed by atoms with E-state index in [2.05, 4.69) is 0 Å². The van der Waals surface area contributed by atoms with Gasteiger partial charge in [-0.3, -0.25) is 9.59 Å². The van der Waals surface area contributed by atoms with E-state index in [1.807, 2.05) is 11.8 Å². The lowest BCUT2D eigenvalue weighted by atomic mass is 9.94. The molecule has 1 aromatic heterocycles. The smallest absolute Gasteiger partial charge is 0.257 e. The van der Waals surface area contributed by atoms with Crippen LogP contribution in [0.25, 0.3) is 0 Å². The molecule has 29 heavy (non-hydrogen) atoms. The number of rotatable bonds is 3. The van der Waals surface area contributed by atoms with Gasteiger partial charge in [0.15, 0.2) is 0 Å². The first kappa shape index (κ1) is 19.6. The number of ether oxygens (including phenoxy) is 1. The Kier molecular flexibility index (Phi) is 5.17. The molecule has 1 aromatic carbocycles. The van der Waals surface area contributed by atoms with Gasteiger partial charge in [-0.1, -0.05) is 12.1 Å². The second-order valence-corrected chi connectivity index (χ2v) is 7.94. The van der Waals surface area contributed by atoms with Crippen molar-refractivity contribution in [3.8, 4) is 0 Å². The molecule has 2 saturated heterocycles. The molecule has 6 nitrogen and oxygen atoms in total. The Bertz CT molecular complexity index is 915. The first-order valence-electron chi connectivity index (χ1n) is 9.87. The Morgan fingerprint density at radius 1 is 1.24 bits per heavy atom. The number of nitrogens with zero attached hydrogens (tertiary/aromatic N) is 2. The molecular weight excluding hydrogens is 375 g/mol. The summed E-state index contributed by atoms with van der Waals surface area (Å²) < 4.78 is 24.5. The maximum Gasteiger partial charge on any atom is 0.257 e. The summed E-state index contributed by atoms with van der Waals surface area (Å²) in [7, 11) is 0. The average molecular weight is 400 g/mol. The minimum absolute atomic E-state index is 0.0183. The summed E-state index contributed by atoms with van der Waals surface area (Å²) in [6.07, 6.45) is 0.900. The summed E-state index contributed by atoms with van der Waals surface area (Å²) in [5.41, 5.74) is 0.813. The van der Waals surface area contributed by atoms with Gasteiger partial charge in [-0.15, -0.1) is 0 Å². The third-order valence-electron chi connectivity index (χ3n) is 5.85. The van der Waals surface area contributed by atoms with Crippen LogP contribution in [-0.2, 0) is 16.1 Å². The third-order valence-corrected chi connectivity index (χ3v) is 5.85.